The van der Waals surface area contributed by atoms with Gasteiger partial charge in [-0.1, -0.05) is 5.21 Å². The fraction of sp³-hybridized carbons (Fsp3) is 0.500. The Morgan fingerprint density at radius 2 is 2.25 bits per heavy atom. The van der Waals surface area contributed by atoms with Gasteiger partial charge in [-0.25, -0.2) is 4.98 Å². The molecule has 0 amide bonds. The fourth-order valence-electron chi connectivity index (χ4n) is 1.46. The zero-order chi connectivity index (χ0) is 11.5. The fourth-order valence-corrected chi connectivity index (χ4v) is 1.46. The predicted octanol–water partition coefficient (Wildman–Crippen LogP) is 0.537. The summed E-state index contributed by atoms with van der Waals surface area (Å²) in [6.45, 7) is 5.16. The van der Waals surface area contributed by atoms with E-state index < -0.39 is 6.10 Å². The van der Waals surface area contributed by atoms with Crippen molar-refractivity contribution >= 4 is 0 Å². The highest BCUT2D eigenvalue weighted by Crippen LogP contribution is 2.06. The number of aliphatic hydroxyl groups excluding tert-OH is 1. The molecule has 1 unspecified atom stereocenters. The van der Waals surface area contributed by atoms with Crippen LogP contribution in [0.1, 0.15) is 24.5 Å². The van der Waals surface area contributed by atoms with Gasteiger partial charge >= 0.3 is 0 Å². The first-order chi connectivity index (χ1) is 7.66. The minimum atomic E-state index is -0.566. The lowest BCUT2D eigenvalue weighted by atomic mass is 10.3. The molecule has 2 heterocycles. The van der Waals surface area contributed by atoms with Gasteiger partial charge in [0.05, 0.1) is 18.8 Å². The lowest BCUT2D eigenvalue weighted by Crippen LogP contribution is -2.08. The number of aryl methyl sites for hydroxylation is 3. The van der Waals surface area contributed by atoms with E-state index in [-0.39, 0.29) is 0 Å². The van der Waals surface area contributed by atoms with Gasteiger partial charge in [0.15, 0.2) is 0 Å². The van der Waals surface area contributed by atoms with E-state index in [4.69, 9.17) is 0 Å². The number of aromatic nitrogens is 5. The molecular weight excluding hydrogens is 206 g/mol. The van der Waals surface area contributed by atoms with Gasteiger partial charge in [-0.3, -0.25) is 4.68 Å². The Kier molecular flexibility index (Phi) is 3.00. The van der Waals surface area contributed by atoms with Crippen LogP contribution in [0.3, 0.4) is 0 Å². The van der Waals surface area contributed by atoms with Crippen molar-refractivity contribution in [3.8, 4) is 0 Å². The SMILES string of the molecule is Cc1nccn1CCn1cc(C(C)O)nn1. The van der Waals surface area contributed by atoms with Gasteiger partial charge in [0, 0.05) is 18.9 Å². The monoisotopic (exact) mass is 221 g/mol. The average Bonchev–Trinajstić information content (AvgIpc) is 2.83. The van der Waals surface area contributed by atoms with Crippen molar-refractivity contribution in [2.24, 2.45) is 0 Å². The molecule has 0 aliphatic rings. The number of rotatable bonds is 4. The Labute approximate surface area is 93.5 Å². The molecule has 0 saturated carbocycles. The molecule has 0 aromatic carbocycles. The molecule has 0 bridgehead atoms. The van der Waals surface area contributed by atoms with E-state index in [0.29, 0.717) is 5.69 Å². The van der Waals surface area contributed by atoms with Crippen LogP contribution >= 0.6 is 0 Å². The highest BCUT2D eigenvalue weighted by atomic mass is 16.3. The second-order valence-corrected chi connectivity index (χ2v) is 3.75. The van der Waals surface area contributed by atoms with Crippen LogP contribution in [0, 0.1) is 6.92 Å². The first-order valence-electron chi connectivity index (χ1n) is 5.22. The van der Waals surface area contributed by atoms with Crippen LogP contribution in [-0.4, -0.2) is 29.7 Å². The Hall–Kier alpha value is -1.69. The summed E-state index contributed by atoms with van der Waals surface area (Å²) < 4.78 is 3.77. The molecule has 0 saturated heterocycles. The van der Waals surface area contributed by atoms with Crippen LogP contribution in [0.25, 0.3) is 0 Å². The second-order valence-electron chi connectivity index (χ2n) is 3.75. The Morgan fingerprint density at radius 1 is 1.44 bits per heavy atom. The van der Waals surface area contributed by atoms with Gasteiger partial charge in [0.1, 0.15) is 11.5 Å². The van der Waals surface area contributed by atoms with E-state index in [1.165, 1.54) is 0 Å². The van der Waals surface area contributed by atoms with Crippen molar-refractivity contribution in [2.45, 2.75) is 33.0 Å². The highest BCUT2D eigenvalue weighted by Gasteiger charge is 2.06. The van der Waals surface area contributed by atoms with E-state index in [9.17, 15) is 5.11 Å². The van der Waals surface area contributed by atoms with E-state index >= 15 is 0 Å². The van der Waals surface area contributed by atoms with Crippen LogP contribution in [0.15, 0.2) is 18.6 Å². The molecule has 2 aromatic heterocycles. The predicted molar refractivity (Wildman–Crippen MR) is 57.6 cm³/mol. The molecule has 86 valence electrons. The van der Waals surface area contributed by atoms with Gasteiger partial charge in [0.2, 0.25) is 0 Å². The number of hydrogen-bond acceptors (Lipinski definition) is 4. The maximum Gasteiger partial charge on any atom is 0.111 e. The average molecular weight is 221 g/mol. The molecule has 0 spiro atoms. The standard InChI is InChI=1S/C10H15N5O/c1-8(16)10-7-15(13-12-10)6-5-14-4-3-11-9(14)2/h3-4,7-8,16H,5-6H2,1-2H3. The molecule has 0 aliphatic heterocycles. The quantitative estimate of drug-likeness (QED) is 0.818. The second kappa shape index (κ2) is 4.44. The summed E-state index contributed by atoms with van der Waals surface area (Å²) in [7, 11) is 0. The van der Waals surface area contributed by atoms with Gasteiger partial charge in [-0.2, -0.15) is 0 Å². The molecule has 0 radical (unpaired) electrons. The van der Waals surface area contributed by atoms with Crippen molar-refractivity contribution in [2.75, 3.05) is 0 Å². The van der Waals surface area contributed by atoms with Crippen molar-refractivity contribution in [1.29, 1.82) is 0 Å². The third-order valence-corrected chi connectivity index (χ3v) is 2.48. The topological polar surface area (TPSA) is 68.8 Å². The van der Waals surface area contributed by atoms with Crippen LogP contribution in [0.4, 0.5) is 0 Å². The minimum Gasteiger partial charge on any atom is -0.387 e. The van der Waals surface area contributed by atoms with Gasteiger partial charge in [-0.05, 0) is 13.8 Å². The Bertz CT molecular complexity index is 459. The number of aliphatic hydroxyl groups is 1. The Balaban J connectivity index is 1.97. The molecule has 6 nitrogen and oxygen atoms in total. The van der Waals surface area contributed by atoms with Crippen molar-refractivity contribution < 1.29 is 5.11 Å². The summed E-state index contributed by atoms with van der Waals surface area (Å²) in [5.41, 5.74) is 0.599. The summed E-state index contributed by atoms with van der Waals surface area (Å²) in [4.78, 5) is 4.14. The highest BCUT2D eigenvalue weighted by molar-refractivity contribution is 4.95. The maximum atomic E-state index is 9.30. The normalized spacial score (nSPS) is 12.9. The van der Waals surface area contributed by atoms with Crippen molar-refractivity contribution in [1.82, 2.24) is 24.5 Å². The summed E-state index contributed by atoms with van der Waals surface area (Å²) >= 11 is 0. The molecule has 1 N–H and O–H groups in total. The van der Waals surface area contributed by atoms with Gasteiger partial charge in [0.25, 0.3) is 0 Å². The summed E-state index contributed by atoms with van der Waals surface area (Å²) in [5.74, 6) is 0.982. The molecule has 2 aromatic rings. The molecule has 2 rings (SSSR count). The van der Waals surface area contributed by atoms with Crippen LogP contribution in [0.2, 0.25) is 0 Å². The third kappa shape index (κ3) is 2.27. The lowest BCUT2D eigenvalue weighted by Gasteiger charge is -2.04. The first kappa shape index (κ1) is 10.8. The van der Waals surface area contributed by atoms with Crippen molar-refractivity contribution in [3.05, 3.63) is 30.1 Å². The smallest absolute Gasteiger partial charge is 0.111 e. The van der Waals surface area contributed by atoms with Crippen LogP contribution < -0.4 is 0 Å². The largest absolute Gasteiger partial charge is 0.387 e. The van der Waals surface area contributed by atoms with Crippen LogP contribution in [0.5, 0.6) is 0 Å². The number of imidazole rings is 1. The van der Waals surface area contributed by atoms with Crippen LogP contribution in [-0.2, 0) is 13.1 Å². The molecule has 0 fully saturated rings. The summed E-state index contributed by atoms with van der Waals surface area (Å²) in [6, 6.07) is 0. The van der Waals surface area contributed by atoms with Gasteiger partial charge < -0.3 is 9.67 Å². The Morgan fingerprint density at radius 3 is 2.81 bits per heavy atom. The number of nitrogens with zero attached hydrogens (tertiary/aromatic N) is 5. The minimum absolute atomic E-state index is 0.566. The van der Waals surface area contributed by atoms with E-state index in [1.54, 1.807) is 24.0 Å². The van der Waals surface area contributed by atoms with E-state index in [1.807, 2.05) is 17.7 Å². The molecule has 0 aliphatic carbocycles. The maximum absolute atomic E-state index is 9.30. The number of hydrogen-bond donors (Lipinski definition) is 1. The van der Waals surface area contributed by atoms with E-state index in [2.05, 4.69) is 15.3 Å². The zero-order valence-corrected chi connectivity index (χ0v) is 9.41. The lowest BCUT2D eigenvalue weighted by molar-refractivity contribution is 0.194. The molecule has 1 atom stereocenters. The first-order valence-corrected chi connectivity index (χ1v) is 5.22. The summed E-state index contributed by atoms with van der Waals surface area (Å²) in [5, 5.41) is 17.1. The molecule has 16 heavy (non-hydrogen) atoms. The van der Waals surface area contributed by atoms with Crippen molar-refractivity contribution in [3.63, 3.8) is 0 Å². The van der Waals surface area contributed by atoms with E-state index in [0.717, 1.165) is 18.9 Å². The molecular formula is C10H15N5O. The zero-order valence-electron chi connectivity index (χ0n) is 9.41. The third-order valence-electron chi connectivity index (χ3n) is 2.48. The van der Waals surface area contributed by atoms with Gasteiger partial charge in [-0.15, -0.1) is 5.10 Å². The summed E-state index contributed by atoms with van der Waals surface area (Å²) in [6.07, 6.45) is 4.90. The molecule has 6 heteroatoms.